The van der Waals surface area contributed by atoms with Crippen molar-refractivity contribution in [1.82, 2.24) is 0 Å². The number of aromatic carboxylic acids is 2. The van der Waals surface area contributed by atoms with Crippen molar-refractivity contribution in [3.05, 3.63) is 68.8 Å². The first-order valence-electron chi connectivity index (χ1n) is 7.38. The van der Waals surface area contributed by atoms with Gasteiger partial charge in [0.25, 0.3) is 0 Å². The maximum Gasteiger partial charge on any atom is 0.336 e. The van der Waals surface area contributed by atoms with Gasteiger partial charge in [-0.3, -0.25) is 4.79 Å². The Balaban J connectivity index is 2.80. The van der Waals surface area contributed by atoms with Crippen LogP contribution < -0.4 is 0 Å². The minimum atomic E-state index is -1.33. The summed E-state index contributed by atoms with van der Waals surface area (Å²) in [6.45, 7) is 7.47. The standard InChI is InChI=1S/C19H18O5/c1-9-8-15(12(4)11(3)10(9)2)17(20)16-13(18(21)22)6-5-7-14(16)19(23)24/h5-8H,1-4H3,(H,21,22)(H,23,24). The highest BCUT2D eigenvalue weighted by Gasteiger charge is 2.26. The fourth-order valence-electron chi connectivity index (χ4n) is 2.74. The number of benzene rings is 2. The van der Waals surface area contributed by atoms with Crippen LogP contribution in [0.3, 0.4) is 0 Å². The second kappa shape index (κ2) is 6.28. The van der Waals surface area contributed by atoms with Gasteiger partial charge in [-0.1, -0.05) is 6.07 Å². The molecular formula is C19H18O5. The van der Waals surface area contributed by atoms with E-state index in [1.165, 1.54) is 18.2 Å². The maximum absolute atomic E-state index is 13.0. The fourth-order valence-corrected chi connectivity index (χ4v) is 2.74. The van der Waals surface area contributed by atoms with Crippen LogP contribution >= 0.6 is 0 Å². The summed E-state index contributed by atoms with van der Waals surface area (Å²) < 4.78 is 0. The van der Waals surface area contributed by atoms with Gasteiger partial charge in [0.1, 0.15) is 0 Å². The van der Waals surface area contributed by atoms with Crippen molar-refractivity contribution in [3.63, 3.8) is 0 Å². The molecule has 2 N–H and O–H groups in total. The number of carbonyl (C=O) groups excluding carboxylic acids is 1. The molecule has 5 heteroatoms. The molecule has 0 unspecified atom stereocenters. The molecule has 0 aliphatic rings. The summed E-state index contributed by atoms with van der Waals surface area (Å²) in [7, 11) is 0. The van der Waals surface area contributed by atoms with E-state index in [-0.39, 0.29) is 16.7 Å². The van der Waals surface area contributed by atoms with Crippen LogP contribution in [0.2, 0.25) is 0 Å². The van der Waals surface area contributed by atoms with Crippen LogP contribution in [-0.4, -0.2) is 27.9 Å². The van der Waals surface area contributed by atoms with E-state index in [0.29, 0.717) is 5.56 Å². The Morgan fingerprint density at radius 2 is 1.25 bits per heavy atom. The quantitative estimate of drug-likeness (QED) is 0.838. The third kappa shape index (κ3) is 2.80. The van der Waals surface area contributed by atoms with E-state index < -0.39 is 17.7 Å². The molecule has 0 aliphatic carbocycles. The third-order valence-corrected chi connectivity index (χ3v) is 4.48. The van der Waals surface area contributed by atoms with Gasteiger partial charge < -0.3 is 10.2 Å². The SMILES string of the molecule is Cc1cc(C(=O)c2c(C(=O)O)cccc2C(=O)O)c(C)c(C)c1C. The zero-order chi connectivity index (χ0) is 18.2. The van der Waals surface area contributed by atoms with Crippen molar-refractivity contribution in [2.75, 3.05) is 0 Å². The van der Waals surface area contributed by atoms with Gasteiger partial charge in [-0.15, -0.1) is 0 Å². The fraction of sp³-hybridized carbons (Fsp3) is 0.211. The van der Waals surface area contributed by atoms with Crippen molar-refractivity contribution in [2.45, 2.75) is 27.7 Å². The van der Waals surface area contributed by atoms with Gasteiger partial charge in [-0.2, -0.15) is 0 Å². The highest BCUT2D eigenvalue weighted by molar-refractivity contribution is 6.19. The van der Waals surface area contributed by atoms with Crippen LogP contribution in [-0.2, 0) is 0 Å². The van der Waals surface area contributed by atoms with Crippen molar-refractivity contribution >= 4 is 17.7 Å². The summed E-state index contributed by atoms with van der Waals surface area (Å²) in [5.41, 5.74) is 3.02. The van der Waals surface area contributed by atoms with Gasteiger partial charge in [0.05, 0.1) is 16.7 Å². The Kier molecular flexibility index (Phi) is 4.55. The lowest BCUT2D eigenvalue weighted by Crippen LogP contribution is -2.17. The summed E-state index contributed by atoms with van der Waals surface area (Å²) in [5.74, 6) is -3.26. The minimum absolute atomic E-state index is 0.289. The maximum atomic E-state index is 13.0. The lowest BCUT2D eigenvalue weighted by molar-refractivity contribution is 0.0689. The van der Waals surface area contributed by atoms with E-state index >= 15 is 0 Å². The molecule has 2 aromatic carbocycles. The molecule has 0 spiro atoms. The van der Waals surface area contributed by atoms with E-state index in [4.69, 9.17) is 0 Å². The van der Waals surface area contributed by atoms with Gasteiger partial charge in [0, 0.05) is 5.56 Å². The lowest BCUT2D eigenvalue weighted by atomic mass is 9.87. The highest BCUT2D eigenvalue weighted by atomic mass is 16.4. The Bertz CT molecular complexity index is 846. The van der Waals surface area contributed by atoms with E-state index in [2.05, 4.69) is 0 Å². The largest absolute Gasteiger partial charge is 0.478 e. The number of carbonyl (C=O) groups is 3. The van der Waals surface area contributed by atoms with Crippen LogP contribution in [0.4, 0.5) is 0 Å². The average Bonchev–Trinajstić information content (AvgIpc) is 2.54. The molecule has 0 aromatic heterocycles. The third-order valence-electron chi connectivity index (χ3n) is 4.48. The molecule has 0 heterocycles. The van der Waals surface area contributed by atoms with E-state index in [1.807, 2.05) is 20.8 Å². The number of carboxylic acids is 2. The van der Waals surface area contributed by atoms with Crippen LogP contribution in [0, 0.1) is 27.7 Å². The van der Waals surface area contributed by atoms with Gasteiger partial charge in [0.15, 0.2) is 5.78 Å². The molecule has 124 valence electrons. The van der Waals surface area contributed by atoms with Crippen LogP contribution in [0.25, 0.3) is 0 Å². The van der Waals surface area contributed by atoms with Gasteiger partial charge in [-0.25, -0.2) is 9.59 Å². The van der Waals surface area contributed by atoms with E-state index in [0.717, 1.165) is 22.3 Å². The second-order valence-corrected chi connectivity index (χ2v) is 5.78. The molecule has 0 saturated heterocycles. The topological polar surface area (TPSA) is 91.7 Å². The molecular weight excluding hydrogens is 308 g/mol. The van der Waals surface area contributed by atoms with Gasteiger partial charge in [0.2, 0.25) is 0 Å². The minimum Gasteiger partial charge on any atom is -0.478 e. The monoisotopic (exact) mass is 326 g/mol. The van der Waals surface area contributed by atoms with Crippen LogP contribution in [0.15, 0.2) is 24.3 Å². The first kappa shape index (κ1) is 17.4. The lowest BCUT2D eigenvalue weighted by Gasteiger charge is -2.15. The molecule has 0 atom stereocenters. The van der Waals surface area contributed by atoms with Crippen LogP contribution in [0.1, 0.15) is 58.9 Å². The number of carboxylic acid groups (broad SMARTS) is 2. The first-order chi connectivity index (χ1) is 11.2. The Hall–Kier alpha value is -2.95. The predicted octanol–water partition coefficient (Wildman–Crippen LogP) is 3.55. The molecule has 2 rings (SSSR count). The molecule has 0 bridgehead atoms. The molecule has 0 fully saturated rings. The molecule has 0 aliphatic heterocycles. The summed E-state index contributed by atoms with van der Waals surface area (Å²) >= 11 is 0. The van der Waals surface area contributed by atoms with Crippen molar-refractivity contribution in [2.24, 2.45) is 0 Å². The molecule has 0 saturated carbocycles. The molecule has 5 nitrogen and oxygen atoms in total. The predicted molar refractivity (Wildman–Crippen MR) is 89.2 cm³/mol. The Morgan fingerprint density at radius 1 is 0.750 bits per heavy atom. The van der Waals surface area contributed by atoms with E-state index in [1.54, 1.807) is 13.0 Å². The smallest absolute Gasteiger partial charge is 0.336 e. The van der Waals surface area contributed by atoms with Gasteiger partial charge >= 0.3 is 11.9 Å². The first-order valence-corrected chi connectivity index (χ1v) is 7.38. The Labute approximate surface area is 139 Å². The van der Waals surface area contributed by atoms with Crippen LogP contribution in [0.5, 0.6) is 0 Å². The van der Waals surface area contributed by atoms with E-state index in [9.17, 15) is 24.6 Å². The number of rotatable bonds is 4. The molecule has 24 heavy (non-hydrogen) atoms. The number of hydrogen-bond donors (Lipinski definition) is 2. The average molecular weight is 326 g/mol. The normalized spacial score (nSPS) is 10.5. The molecule has 2 aromatic rings. The number of hydrogen-bond acceptors (Lipinski definition) is 3. The summed E-state index contributed by atoms with van der Waals surface area (Å²) in [6, 6.07) is 5.49. The van der Waals surface area contributed by atoms with Crippen molar-refractivity contribution in [3.8, 4) is 0 Å². The summed E-state index contributed by atoms with van der Waals surface area (Å²) in [4.78, 5) is 35.9. The second-order valence-electron chi connectivity index (χ2n) is 5.78. The van der Waals surface area contributed by atoms with Crippen molar-refractivity contribution < 1.29 is 24.6 Å². The Morgan fingerprint density at radius 3 is 1.71 bits per heavy atom. The zero-order valence-electron chi connectivity index (χ0n) is 13.9. The number of ketones is 1. The molecule has 0 amide bonds. The zero-order valence-corrected chi connectivity index (χ0v) is 13.9. The highest BCUT2D eigenvalue weighted by Crippen LogP contribution is 2.26. The van der Waals surface area contributed by atoms with Crippen molar-refractivity contribution in [1.29, 1.82) is 0 Å². The summed E-state index contributed by atoms with van der Waals surface area (Å²) in [6.07, 6.45) is 0. The number of aryl methyl sites for hydroxylation is 1. The van der Waals surface area contributed by atoms with Gasteiger partial charge in [-0.05, 0) is 68.1 Å². The summed E-state index contributed by atoms with van der Waals surface area (Å²) in [5, 5.41) is 18.7. The molecule has 0 radical (unpaired) electrons.